The van der Waals surface area contributed by atoms with Crippen LogP contribution in [0.15, 0.2) is 53.7 Å². The van der Waals surface area contributed by atoms with E-state index in [0.29, 0.717) is 21.8 Å². The number of ether oxygens (including phenoxy) is 1. The first kappa shape index (κ1) is 18.2. The maximum Gasteiger partial charge on any atom is 0.234 e. The van der Waals surface area contributed by atoms with E-state index in [2.05, 4.69) is 20.5 Å². The van der Waals surface area contributed by atoms with E-state index in [-0.39, 0.29) is 24.0 Å². The molecular weight excluding hydrogens is 379 g/mol. The molecule has 3 aromatic rings. The summed E-state index contributed by atoms with van der Waals surface area (Å²) in [6, 6.07) is 12.9. The lowest BCUT2D eigenvalue weighted by atomic mass is 10.3. The number of aromatic nitrogens is 3. The number of hydrogen-bond donors (Lipinski definition) is 2. The lowest BCUT2D eigenvalue weighted by Gasteiger charge is -2.04. The lowest BCUT2D eigenvalue weighted by molar-refractivity contribution is -0.113. The van der Waals surface area contributed by atoms with E-state index in [0.717, 1.165) is 11.8 Å². The number of halogens is 2. The Morgan fingerprint density at radius 1 is 1.23 bits per heavy atom. The summed E-state index contributed by atoms with van der Waals surface area (Å²) in [6.07, 6.45) is 0. The van der Waals surface area contributed by atoms with Crippen LogP contribution in [0.1, 0.15) is 5.82 Å². The molecule has 3 rings (SSSR count). The van der Waals surface area contributed by atoms with Crippen LogP contribution in [0.3, 0.4) is 0 Å². The number of carbonyl (C=O) groups is 1. The third-order valence-electron chi connectivity index (χ3n) is 3.18. The van der Waals surface area contributed by atoms with E-state index < -0.39 is 5.82 Å². The molecule has 0 aliphatic heterocycles. The van der Waals surface area contributed by atoms with Crippen molar-refractivity contribution in [1.82, 2.24) is 15.2 Å². The van der Waals surface area contributed by atoms with Gasteiger partial charge in [-0.1, -0.05) is 35.5 Å². The summed E-state index contributed by atoms with van der Waals surface area (Å²) in [6.45, 7) is 0.205. The van der Waals surface area contributed by atoms with Gasteiger partial charge in [0, 0.05) is 5.02 Å². The van der Waals surface area contributed by atoms with Gasteiger partial charge in [0.15, 0.2) is 5.82 Å². The van der Waals surface area contributed by atoms with Crippen LogP contribution < -0.4 is 10.1 Å². The highest BCUT2D eigenvalue weighted by atomic mass is 35.5. The zero-order chi connectivity index (χ0) is 18.4. The van der Waals surface area contributed by atoms with Gasteiger partial charge in [-0.25, -0.2) is 9.37 Å². The van der Waals surface area contributed by atoms with Gasteiger partial charge in [0.2, 0.25) is 11.1 Å². The molecule has 0 unspecified atom stereocenters. The molecule has 0 aliphatic carbocycles. The summed E-state index contributed by atoms with van der Waals surface area (Å²) >= 11 is 6.95. The molecule has 0 saturated carbocycles. The Labute approximate surface area is 158 Å². The number of nitrogens with one attached hydrogen (secondary N) is 2. The topological polar surface area (TPSA) is 79.9 Å². The van der Waals surface area contributed by atoms with Gasteiger partial charge >= 0.3 is 0 Å². The number of benzene rings is 2. The number of aromatic amines is 1. The number of nitrogens with zero attached hydrogens (tertiary/aromatic N) is 2. The first-order valence-electron chi connectivity index (χ1n) is 7.57. The summed E-state index contributed by atoms with van der Waals surface area (Å²) < 4.78 is 19.0. The molecule has 0 fully saturated rings. The van der Waals surface area contributed by atoms with Crippen LogP contribution in [0.2, 0.25) is 5.02 Å². The molecular formula is C17H14ClFN4O2S. The number of thioether (sulfide) groups is 1. The summed E-state index contributed by atoms with van der Waals surface area (Å²) in [5.74, 6) is 0.416. The van der Waals surface area contributed by atoms with Crippen molar-refractivity contribution in [2.45, 2.75) is 11.8 Å². The molecule has 26 heavy (non-hydrogen) atoms. The van der Waals surface area contributed by atoms with Crippen molar-refractivity contribution in [3.63, 3.8) is 0 Å². The second-order valence-corrected chi connectivity index (χ2v) is 6.50. The van der Waals surface area contributed by atoms with E-state index in [9.17, 15) is 9.18 Å². The number of H-pyrrole nitrogens is 1. The fourth-order valence-electron chi connectivity index (χ4n) is 1.97. The van der Waals surface area contributed by atoms with Crippen molar-refractivity contribution in [2.24, 2.45) is 0 Å². The Bertz CT molecular complexity index is 888. The monoisotopic (exact) mass is 392 g/mol. The first-order valence-corrected chi connectivity index (χ1v) is 8.93. The van der Waals surface area contributed by atoms with Gasteiger partial charge in [0.25, 0.3) is 0 Å². The molecule has 0 saturated heterocycles. The molecule has 0 spiro atoms. The predicted octanol–water partition coefficient (Wildman–Crippen LogP) is 3.91. The third kappa shape index (κ3) is 5.21. The van der Waals surface area contributed by atoms with E-state index in [1.54, 1.807) is 36.4 Å². The predicted molar refractivity (Wildman–Crippen MR) is 97.9 cm³/mol. The molecule has 0 radical (unpaired) electrons. The zero-order valence-corrected chi connectivity index (χ0v) is 15.0. The van der Waals surface area contributed by atoms with Crippen molar-refractivity contribution in [1.29, 1.82) is 0 Å². The quantitative estimate of drug-likeness (QED) is 0.596. The molecule has 134 valence electrons. The van der Waals surface area contributed by atoms with Gasteiger partial charge < -0.3 is 10.1 Å². The van der Waals surface area contributed by atoms with Gasteiger partial charge in [-0.3, -0.25) is 9.89 Å². The number of carbonyl (C=O) groups excluding carboxylic acids is 1. The van der Waals surface area contributed by atoms with Crippen LogP contribution in [-0.4, -0.2) is 26.8 Å². The molecule has 6 nitrogen and oxygen atoms in total. The molecule has 0 aliphatic rings. The van der Waals surface area contributed by atoms with E-state index in [4.69, 9.17) is 16.3 Å². The Kier molecular flexibility index (Phi) is 6.08. The van der Waals surface area contributed by atoms with E-state index in [1.807, 2.05) is 0 Å². The summed E-state index contributed by atoms with van der Waals surface area (Å²) in [5.41, 5.74) is 0.144. The molecule has 1 aromatic heterocycles. The third-order valence-corrected chi connectivity index (χ3v) is 4.28. The molecule has 1 heterocycles. The first-order chi connectivity index (χ1) is 12.6. The fourth-order valence-corrected chi connectivity index (χ4v) is 2.71. The highest BCUT2D eigenvalue weighted by molar-refractivity contribution is 7.99. The van der Waals surface area contributed by atoms with Gasteiger partial charge in [0.05, 0.1) is 11.4 Å². The van der Waals surface area contributed by atoms with Crippen molar-refractivity contribution < 1.29 is 13.9 Å². The van der Waals surface area contributed by atoms with Crippen LogP contribution in [0.4, 0.5) is 10.1 Å². The van der Waals surface area contributed by atoms with E-state index in [1.165, 1.54) is 12.1 Å². The van der Waals surface area contributed by atoms with Gasteiger partial charge in [0.1, 0.15) is 18.2 Å². The minimum Gasteiger partial charge on any atom is -0.486 e. The van der Waals surface area contributed by atoms with Crippen LogP contribution in [0.5, 0.6) is 5.75 Å². The van der Waals surface area contributed by atoms with Crippen molar-refractivity contribution in [2.75, 3.05) is 11.1 Å². The molecule has 0 bridgehead atoms. The normalized spacial score (nSPS) is 10.5. The molecule has 9 heteroatoms. The number of rotatable bonds is 7. The lowest BCUT2D eigenvalue weighted by Crippen LogP contribution is -2.15. The maximum atomic E-state index is 13.5. The SMILES string of the molecule is O=C(CSc1n[nH]c(COc2ccc(Cl)cc2)n1)Nc1ccccc1F. The Hall–Kier alpha value is -2.58. The fraction of sp³-hybridized carbons (Fsp3) is 0.118. The van der Waals surface area contributed by atoms with Crippen LogP contribution in [-0.2, 0) is 11.4 Å². The molecule has 2 aromatic carbocycles. The highest BCUT2D eigenvalue weighted by Gasteiger charge is 2.10. The minimum absolute atomic E-state index is 0.0592. The molecule has 2 N–H and O–H groups in total. The van der Waals surface area contributed by atoms with Gasteiger partial charge in [-0.05, 0) is 36.4 Å². The van der Waals surface area contributed by atoms with Crippen molar-refractivity contribution in [3.05, 3.63) is 65.2 Å². The van der Waals surface area contributed by atoms with Crippen LogP contribution >= 0.6 is 23.4 Å². The minimum atomic E-state index is -0.481. The molecule has 0 atom stereocenters. The highest BCUT2D eigenvalue weighted by Crippen LogP contribution is 2.18. The molecule has 1 amide bonds. The van der Waals surface area contributed by atoms with Crippen LogP contribution in [0, 0.1) is 5.82 Å². The summed E-state index contributed by atoms with van der Waals surface area (Å²) in [5, 5.41) is 10.3. The number of amides is 1. The number of hydrogen-bond acceptors (Lipinski definition) is 5. The van der Waals surface area contributed by atoms with Crippen molar-refractivity contribution >= 4 is 35.0 Å². The maximum absolute atomic E-state index is 13.5. The Balaban J connectivity index is 1.46. The average Bonchev–Trinajstić information content (AvgIpc) is 3.09. The standard InChI is InChI=1S/C17H14ClFN4O2S/c18-11-5-7-12(8-6-11)25-9-15-21-17(23-22-15)26-10-16(24)20-14-4-2-1-3-13(14)19/h1-8H,9-10H2,(H,20,24)(H,21,22,23). The van der Waals surface area contributed by atoms with Crippen molar-refractivity contribution in [3.8, 4) is 5.75 Å². The van der Waals surface area contributed by atoms with Gasteiger partial charge in [-0.2, -0.15) is 0 Å². The second-order valence-electron chi connectivity index (χ2n) is 5.12. The zero-order valence-electron chi connectivity index (χ0n) is 13.4. The Morgan fingerprint density at radius 3 is 2.77 bits per heavy atom. The number of para-hydroxylation sites is 1. The average molecular weight is 393 g/mol. The smallest absolute Gasteiger partial charge is 0.234 e. The summed E-state index contributed by atoms with van der Waals surface area (Å²) in [7, 11) is 0. The van der Waals surface area contributed by atoms with Crippen LogP contribution in [0.25, 0.3) is 0 Å². The largest absolute Gasteiger partial charge is 0.486 e. The van der Waals surface area contributed by atoms with E-state index >= 15 is 0 Å². The summed E-state index contributed by atoms with van der Waals surface area (Å²) in [4.78, 5) is 16.1. The second kappa shape index (κ2) is 8.68. The number of anilines is 1. The van der Waals surface area contributed by atoms with Gasteiger partial charge in [-0.15, -0.1) is 5.10 Å². The Morgan fingerprint density at radius 2 is 2.00 bits per heavy atom.